The third-order valence-electron chi connectivity index (χ3n) is 2.07. The topological polar surface area (TPSA) is 67.8 Å². The van der Waals surface area contributed by atoms with Crippen LogP contribution in [-0.4, -0.2) is 50.6 Å². The summed E-state index contributed by atoms with van der Waals surface area (Å²) in [6.45, 7) is 5.51. The maximum atomic E-state index is 11.4. The Morgan fingerprint density at radius 3 is 2.56 bits per heavy atom. The molecule has 0 saturated heterocycles. The van der Waals surface area contributed by atoms with Gasteiger partial charge in [-0.2, -0.15) is 0 Å². The van der Waals surface area contributed by atoms with Gasteiger partial charge in [-0.25, -0.2) is 0 Å². The second-order valence-electron chi connectivity index (χ2n) is 4.00. The van der Waals surface area contributed by atoms with Gasteiger partial charge >= 0.3 is 5.97 Å². The summed E-state index contributed by atoms with van der Waals surface area (Å²) < 4.78 is 9.80. The number of nitrogens with one attached hydrogen (secondary N) is 1. The van der Waals surface area contributed by atoms with Crippen LogP contribution in [0.2, 0.25) is 0 Å². The average Bonchev–Trinajstić information content (AvgIpc) is 2.25. The number of carbonyl (C=O) groups excluding carboxylic acids is 1. The predicted octanol–water partition coefficient (Wildman–Crippen LogP) is 0.173. The molecule has 0 aromatic heterocycles. The van der Waals surface area contributed by atoms with Crippen LogP contribution in [0.3, 0.4) is 0 Å². The van der Waals surface area contributed by atoms with E-state index >= 15 is 0 Å². The summed E-state index contributed by atoms with van der Waals surface area (Å²) in [7, 11) is 1.39. The zero-order chi connectivity index (χ0) is 12.4. The first-order valence-corrected chi connectivity index (χ1v) is 5.61. The van der Waals surface area contributed by atoms with Gasteiger partial charge in [0.15, 0.2) is 0 Å². The van der Waals surface area contributed by atoms with Crippen molar-refractivity contribution in [3.05, 3.63) is 0 Å². The van der Waals surface area contributed by atoms with E-state index in [1.807, 2.05) is 0 Å². The van der Waals surface area contributed by atoms with Gasteiger partial charge in [0.25, 0.3) is 0 Å². The second kappa shape index (κ2) is 9.57. The van der Waals surface area contributed by atoms with E-state index in [0.29, 0.717) is 25.7 Å². The Hall–Kier alpha value is -0.650. The second-order valence-corrected chi connectivity index (χ2v) is 4.00. The minimum Gasteiger partial charge on any atom is -0.468 e. The van der Waals surface area contributed by atoms with Crippen molar-refractivity contribution < 1.29 is 19.4 Å². The lowest BCUT2D eigenvalue weighted by molar-refractivity contribution is -0.143. The van der Waals surface area contributed by atoms with E-state index < -0.39 is 0 Å². The lowest BCUT2D eigenvalue weighted by atomic mass is 10.0. The zero-order valence-corrected chi connectivity index (χ0v) is 10.4. The summed E-state index contributed by atoms with van der Waals surface area (Å²) >= 11 is 0. The largest absolute Gasteiger partial charge is 0.468 e. The van der Waals surface area contributed by atoms with E-state index in [0.717, 1.165) is 6.42 Å². The molecule has 0 rings (SSSR count). The van der Waals surface area contributed by atoms with Crippen LogP contribution in [0.15, 0.2) is 0 Å². The Balaban J connectivity index is 3.79. The van der Waals surface area contributed by atoms with Crippen LogP contribution in [0.1, 0.15) is 20.3 Å². The molecule has 1 atom stereocenters. The summed E-state index contributed by atoms with van der Waals surface area (Å²) in [5.74, 6) is 0.186. The molecule has 5 nitrogen and oxygen atoms in total. The Labute approximate surface area is 97.1 Å². The fourth-order valence-electron chi connectivity index (χ4n) is 1.35. The molecular weight excluding hydrogens is 210 g/mol. The van der Waals surface area contributed by atoms with E-state index in [4.69, 9.17) is 14.6 Å². The molecule has 0 radical (unpaired) electrons. The van der Waals surface area contributed by atoms with E-state index in [2.05, 4.69) is 19.2 Å². The fourth-order valence-corrected chi connectivity index (χ4v) is 1.35. The van der Waals surface area contributed by atoms with Gasteiger partial charge in [0.05, 0.1) is 26.9 Å². The lowest BCUT2D eigenvalue weighted by Gasteiger charge is -2.18. The number of hydrogen-bond donors (Lipinski definition) is 2. The number of ether oxygens (including phenoxy) is 2. The van der Waals surface area contributed by atoms with Gasteiger partial charge < -0.3 is 19.9 Å². The molecule has 0 aliphatic rings. The number of hydrogen-bond acceptors (Lipinski definition) is 5. The lowest BCUT2D eigenvalue weighted by Crippen LogP contribution is -2.40. The summed E-state index contributed by atoms with van der Waals surface area (Å²) in [6, 6.07) is -0.275. The fraction of sp³-hybridized carbons (Fsp3) is 0.909. The van der Waals surface area contributed by atoms with Gasteiger partial charge in [-0.05, 0) is 12.3 Å². The molecule has 2 N–H and O–H groups in total. The summed E-state index contributed by atoms with van der Waals surface area (Å²) in [6.07, 6.45) is 0.743. The van der Waals surface area contributed by atoms with Gasteiger partial charge in [0.1, 0.15) is 6.04 Å². The molecule has 0 fully saturated rings. The summed E-state index contributed by atoms with van der Waals surface area (Å²) in [5, 5.41) is 11.6. The first-order valence-electron chi connectivity index (χ1n) is 5.61. The highest BCUT2D eigenvalue weighted by molar-refractivity contribution is 5.75. The van der Waals surface area contributed by atoms with Gasteiger partial charge in [-0.3, -0.25) is 4.79 Å². The van der Waals surface area contributed by atoms with E-state index in [-0.39, 0.29) is 18.6 Å². The van der Waals surface area contributed by atoms with Gasteiger partial charge in [0.2, 0.25) is 0 Å². The number of carbonyl (C=O) groups is 1. The molecule has 0 heterocycles. The average molecular weight is 233 g/mol. The molecule has 0 aromatic carbocycles. The van der Waals surface area contributed by atoms with Gasteiger partial charge in [-0.15, -0.1) is 0 Å². The van der Waals surface area contributed by atoms with Crippen molar-refractivity contribution >= 4 is 5.97 Å². The molecule has 0 aliphatic heterocycles. The van der Waals surface area contributed by atoms with Crippen molar-refractivity contribution in [1.82, 2.24) is 5.32 Å². The standard InChI is InChI=1S/C11H23NO4/c1-9(2)8-10(11(14)15-3)12-4-6-16-7-5-13/h9-10,12-13H,4-8H2,1-3H3. The number of rotatable bonds is 9. The van der Waals surface area contributed by atoms with E-state index in [1.54, 1.807) is 0 Å². The SMILES string of the molecule is COC(=O)C(CC(C)C)NCCOCCO. The molecule has 0 aliphatic carbocycles. The van der Waals surface area contributed by atoms with E-state index in [9.17, 15) is 4.79 Å². The molecule has 0 aromatic rings. The molecule has 0 bridgehead atoms. The Bertz CT molecular complexity index is 185. The third-order valence-corrected chi connectivity index (χ3v) is 2.07. The van der Waals surface area contributed by atoms with Crippen molar-refractivity contribution in [1.29, 1.82) is 0 Å². The van der Waals surface area contributed by atoms with Crippen LogP contribution in [0, 0.1) is 5.92 Å². The summed E-state index contributed by atoms with van der Waals surface area (Å²) in [5.41, 5.74) is 0. The maximum Gasteiger partial charge on any atom is 0.322 e. The van der Waals surface area contributed by atoms with Crippen molar-refractivity contribution in [2.45, 2.75) is 26.3 Å². The van der Waals surface area contributed by atoms with Gasteiger partial charge in [0, 0.05) is 6.54 Å². The molecular formula is C11H23NO4. The van der Waals surface area contributed by atoms with Crippen molar-refractivity contribution in [2.75, 3.05) is 33.5 Å². The molecule has 0 amide bonds. The molecule has 1 unspecified atom stereocenters. The number of esters is 1. The number of methoxy groups -OCH3 is 1. The molecule has 0 spiro atoms. The molecule has 16 heavy (non-hydrogen) atoms. The quantitative estimate of drug-likeness (QED) is 0.439. The highest BCUT2D eigenvalue weighted by atomic mass is 16.5. The molecule has 96 valence electrons. The van der Waals surface area contributed by atoms with Crippen LogP contribution in [0.4, 0.5) is 0 Å². The Morgan fingerprint density at radius 2 is 2.06 bits per heavy atom. The highest BCUT2D eigenvalue weighted by Crippen LogP contribution is 2.05. The monoisotopic (exact) mass is 233 g/mol. The summed E-state index contributed by atoms with van der Waals surface area (Å²) in [4.78, 5) is 11.4. The number of aliphatic hydroxyl groups excluding tert-OH is 1. The number of aliphatic hydroxyl groups is 1. The zero-order valence-electron chi connectivity index (χ0n) is 10.4. The smallest absolute Gasteiger partial charge is 0.322 e. The minimum atomic E-state index is -0.275. The third kappa shape index (κ3) is 7.62. The van der Waals surface area contributed by atoms with Crippen molar-refractivity contribution in [3.8, 4) is 0 Å². The van der Waals surface area contributed by atoms with E-state index in [1.165, 1.54) is 7.11 Å². The van der Waals surface area contributed by atoms with Crippen molar-refractivity contribution in [2.24, 2.45) is 5.92 Å². The normalized spacial score (nSPS) is 12.8. The van der Waals surface area contributed by atoms with Crippen molar-refractivity contribution in [3.63, 3.8) is 0 Å². The Morgan fingerprint density at radius 1 is 1.38 bits per heavy atom. The van der Waals surface area contributed by atoms with Crippen LogP contribution < -0.4 is 5.32 Å². The minimum absolute atomic E-state index is 0.0203. The first-order chi connectivity index (χ1) is 7.61. The van der Waals surface area contributed by atoms with Crippen LogP contribution >= 0.6 is 0 Å². The Kier molecular flexibility index (Phi) is 9.18. The van der Waals surface area contributed by atoms with Crippen LogP contribution in [0.25, 0.3) is 0 Å². The maximum absolute atomic E-state index is 11.4. The van der Waals surface area contributed by atoms with Crippen LogP contribution in [-0.2, 0) is 14.3 Å². The molecule has 0 saturated carbocycles. The highest BCUT2D eigenvalue weighted by Gasteiger charge is 2.19. The molecule has 5 heteroatoms. The van der Waals surface area contributed by atoms with Gasteiger partial charge in [-0.1, -0.05) is 13.8 Å². The first kappa shape index (κ1) is 15.3. The van der Waals surface area contributed by atoms with Crippen LogP contribution in [0.5, 0.6) is 0 Å². The predicted molar refractivity (Wildman–Crippen MR) is 61.2 cm³/mol.